The minimum Gasteiger partial charge on any atom is -0.346 e. The van der Waals surface area contributed by atoms with Crippen molar-refractivity contribution in [3.05, 3.63) is 35.5 Å². The van der Waals surface area contributed by atoms with Crippen LogP contribution in [0.2, 0.25) is 0 Å². The third-order valence-electron chi connectivity index (χ3n) is 5.65. The second kappa shape index (κ2) is 6.41. The third kappa shape index (κ3) is 2.90. The van der Waals surface area contributed by atoms with Gasteiger partial charge in [-0.1, -0.05) is 18.2 Å². The van der Waals surface area contributed by atoms with Crippen molar-refractivity contribution in [3.8, 4) is 0 Å². The number of aromatic nitrogens is 1. The van der Waals surface area contributed by atoms with E-state index in [2.05, 4.69) is 38.9 Å². The summed E-state index contributed by atoms with van der Waals surface area (Å²) in [6, 6.07) is 6.67. The molecule has 1 atom stereocenters. The molecule has 6 rings (SSSR count). The van der Waals surface area contributed by atoms with Crippen LogP contribution in [0.15, 0.2) is 24.3 Å². The van der Waals surface area contributed by atoms with Gasteiger partial charge in [0.2, 0.25) is 0 Å². The van der Waals surface area contributed by atoms with E-state index in [0.717, 1.165) is 23.1 Å². The Bertz CT molecular complexity index is 851. The minimum atomic E-state index is -0.00722. The van der Waals surface area contributed by atoms with Crippen molar-refractivity contribution in [3.63, 3.8) is 0 Å². The van der Waals surface area contributed by atoms with E-state index in [1.54, 1.807) is 0 Å². The van der Waals surface area contributed by atoms with E-state index in [0.29, 0.717) is 11.6 Å². The largest absolute Gasteiger partial charge is 0.346 e. The molecule has 4 aliphatic rings. The van der Waals surface area contributed by atoms with Crippen LogP contribution in [-0.2, 0) is 0 Å². The fraction of sp³-hybridized carbons (Fsp3) is 0.474. The molecule has 0 saturated carbocycles. The van der Waals surface area contributed by atoms with Crippen molar-refractivity contribution in [2.45, 2.75) is 25.3 Å². The van der Waals surface area contributed by atoms with Crippen LogP contribution in [-0.4, -0.2) is 46.6 Å². The lowest BCUT2D eigenvalue weighted by atomic mass is 9.84. The van der Waals surface area contributed by atoms with Crippen LogP contribution in [0.3, 0.4) is 0 Å². The average molecular weight is 372 g/mol. The Hall–Kier alpha value is -1.37. The molecule has 2 aromatic rings. The lowest BCUT2D eigenvalue weighted by Crippen LogP contribution is -2.57. The van der Waals surface area contributed by atoms with Gasteiger partial charge in [0, 0.05) is 28.6 Å². The first-order valence-corrected chi connectivity index (χ1v) is 10.8. The number of benzene rings is 1. The Kier molecular flexibility index (Phi) is 4.07. The molecule has 1 N–H and O–H groups in total. The molecule has 0 spiro atoms. The molecule has 0 aliphatic carbocycles. The third-order valence-corrected chi connectivity index (χ3v) is 7.61. The molecule has 3 fully saturated rings. The van der Waals surface area contributed by atoms with E-state index >= 15 is 0 Å². The smallest absolute Gasteiger partial charge is 0.271 e. The first kappa shape index (κ1) is 15.9. The molecule has 6 heteroatoms. The Morgan fingerprint density at radius 3 is 2.88 bits per heavy atom. The Labute approximate surface area is 155 Å². The number of allylic oxidation sites excluding steroid dienone is 1. The van der Waals surface area contributed by atoms with Crippen molar-refractivity contribution >= 4 is 44.2 Å². The zero-order valence-corrected chi connectivity index (χ0v) is 15.7. The van der Waals surface area contributed by atoms with Gasteiger partial charge in [-0.05, 0) is 61.4 Å². The summed E-state index contributed by atoms with van der Waals surface area (Å²) in [5.41, 5.74) is 1.85. The lowest BCUT2D eigenvalue weighted by molar-refractivity contribution is 0.0619. The van der Waals surface area contributed by atoms with E-state index in [4.69, 9.17) is 0 Å². The summed E-state index contributed by atoms with van der Waals surface area (Å²) >= 11 is 3.34. The number of fused-ring (bicyclic) bond motifs is 4. The second-order valence-corrected chi connectivity index (χ2v) is 9.11. The van der Waals surface area contributed by atoms with Gasteiger partial charge in [0.15, 0.2) is 0 Å². The Balaban J connectivity index is 1.38. The number of thioether (sulfide) groups is 1. The van der Waals surface area contributed by atoms with E-state index in [1.165, 1.54) is 53.7 Å². The molecule has 1 aromatic carbocycles. The van der Waals surface area contributed by atoms with Gasteiger partial charge in [-0.15, -0.1) is 11.8 Å². The van der Waals surface area contributed by atoms with Crippen LogP contribution >= 0.6 is 23.3 Å². The van der Waals surface area contributed by atoms with E-state index in [-0.39, 0.29) is 11.9 Å². The maximum absolute atomic E-state index is 12.8. The highest BCUT2D eigenvalue weighted by Crippen LogP contribution is 2.36. The number of nitrogens with one attached hydrogen (secondary N) is 1. The average Bonchev–Trinajstić information content (AvgIpc) is 3.32. The molecule has 130 valence electrons. The maximum atomic E-state index is 12.8. The molecule has 25 heavy (non-hydrogen) atoms. The number of carbonyl (C=O) groups is 1. The number of amides is 1. The predicted molar refractivity (Wildman–Crippen MR) is 105 cm³/mol. The van der Waals surface area contributed by atoms with Gasteiger partial charge >= 0.3 is 0 Å². The Morgan fingerprint density at radius 1 is 1.28 bits per heavy atom. The molecule has 0 unspecified atom stereocenters. The molecule has 3 saturated heterocycles. The quantitative estimate of drug-likeness (QED) is 0.895. The van der Waals surface area contributed by atoms with Crippen LogP contribution in [0.1, 0.15) is 35.3 Å². The zero-order valence-electron chi connectivity index (χ0n) is 14.0. The van der Waals surface area contributed by atoms with Gasteiger partial charge in [-0.25, -0.2) is 0 Å². The highest BCUT2D eigenvalue weighted by molar-refractivity contribution is 8.08. The fourth-order valence-corrected chi connectivity index (χ4v) is 6.04. The van der Waals surface area contributed by atoms with Gasteiger partial charge < -0.3 is 10.2 Å². The van der Waals surface area contributed by atoms with Crippen molar-refractivity contribution in [2.75, 3.05) is 25.4 Å². The molecule has 0 radical (unpaired) electrons. The second-order valence-electron chi connectivity index (χ2n) is 7.17. The number of rotatable bonds is 3. The highest BCUT2D eigenvalue weighted by atomic mass is 32.2. The molecule has 2 bridgehead atoms. The van der Waals surface area contributed by atoms with Crippen LogP contribution in [0.4, 0.5) is 0 Å². The van der Waals surface area contributed by atoms with Crippen molar-refractivity contribution in [1.82, 2.24) is 14.6 Å². The molecule has 5 heterocycles. The van der Waals surface area contributed by atoms with Crippen molar-refractivity contribution in [2.24, 2.45) is 5.92 Å². The molecule has 4 aliphatic heterocycles. The summed E-state index contributed by atoms with van der Waals surface area (Å²) in [5, 5.41) is 4.25. The van der Waals surface area contributed by atoms with Crippen LogP contribution in [0.25, 0.3) is 15.0 Å². The SMILES string of the molecule is O=C(N[C@@H]1CN2CCC1CC2)c1nsc2cc(C3=CCCS3)ccc12. The summed E-state index contributed by atoms with van der Waals surface area (Å²) in [6.07, 6.45) is 5.86. The maximum Gasteiger partial charge on any atom is 0.271 e. The topological polar surface area (TPSA) is 45.2 Å². The van der Waals surface area contributed by atoms with Crippen molar-refractivity contribution in [1.29, 1.82) is 0 Å². The number of hydrogen-bond donors (Lipinski definition) is 1. The summed E-state index contributed by atoms with van der Waals surface area (Å²) < 4.78 is 5.58. The summed E-state index contributed by atoms with van der Waals surface area (Å²) in [4.78, 5) is 16.6. The highest BCUT2D eigenvalue weighted by Gasteiger charge is 2.35. The standard InChI is InChI=1S/C19H21N3OS2/c23-19(20-15-11-22-7-5-12(15)6-8-22)18-14-4-3-13(10-17(14)25-21-18)16-2-1-9-24-16/h2-4,10,12,15H,1,5-9,11H2,(H,20,23)/t15-/m1/s1. The number of nitrogens with zero attached hydrogens (tertiary/aromatic N) is 2. The molecule has 1 amide bonds. The van der Waals surface area contributed by atoms with Crippen LogP contribution in [0, 0.1) is 5.92 Å². The molecular weight excluding hydrogens is 350 g/mol. The first-order valence-electron chi connectivity index (χ1n) is 9.04. The number of hydrogen-bond acceptors (Lipinski definition) is 5. The summed E-state index contributed by atoms with van der Waals surface area (Å²) in [5.74, 6) is 1.80. The van der Waals surface area contributed by atoms with Gasteiger partial charge in [0.1, 0.15) is 5.69 Å². The monoisotopic (exact) mass is 371 g/mol. The summed E-state index contributed by atoms with van der Waals surface area (Å²) in [6.45, 7) is 3.37. The van der Waals surface area contributed by atoms with Crippen LogP contribution in [0.5, 0.6) is 0 Å². The van der Waals surface area contributed by atoms with Gasteiger partial charge in [-0.2, -0.15) is 4.37 Å². The molecule has 4 nitrogen and oxygen atoms in total. The van der Waals surface area contributed by atoms with E-state index in [1.807, 2.05) is 11.8 Å². The lowest BCUT2D eigenvalue weighted by Gasteiger charge is -2.44. The van der Waals surface area contributed by atoms with E-state index in [9.17, 15) is 4.79 Å². The predicted octanol–water partition coefficient (Wildman–Crippen LogP) is 3.60. The fourth-order valence-electron chi connectivity index (χ4n) is 4.24. The zero-order chi connectivity index (χ0) is 16.8. The normalized spacial score (nSPS) is 28.3. The van der Waals surface area contributed by atoms with Gasteiger partial charge in [0.05, 0.1) is 4.70 Å². The minimum absolute atomic E-state index is 0.00722. The number of carbonyl (C=O) groups excluding carboxylic acids is 1. The first-order chi connectivity index (χ1) is 12.3. The number of piperidine rings is 3. The van der Waals surface area contributed by atoms with E-state index < -0.39 is 0 Å². The van der Waals surface area contributed by atoms with Crippen molar-refractivity contribution < 1.29 is 4.79 Å². The van der Waals surface area contributed by atoms with Crippen LogP contribution < -0.4 is 5.32 Å². The van der Waals surface area contributed by atoms with Gasteiger partial charge in [0.25, 0.3) is 5.91 Å². The Morgan fingerprint density at radius 2 is 2.16 bits per heavy atom. The molecule has 1 aromatic heterocycles. The summed E-state index contributed by atoms with van der Waals surface area (Å²) in [7, 11) is 0. The van der Waals surface area contributed by atoms with Gasteiger partial charge in [-0.3, -0.25) is 4.79 Å². The molecular formula is C19H21N3OS2.